The maximum absolute atomic E-state index is 12.9. The normalized spacial score (nSPS) is 13.3. The zero-order valence-electron chi connectivity index (χ0n) is 16.6. The lowest BCUT2D eigenvalue weighted by Crippen LogP contribution is -2.30. The van der Waals surface area contributed by atoms with Gasteiger partial charge in [-0.05, 0) is 42.3 Å². The molecule has 0 saturated heterocycles. The second-order valence-electron chi connectivity index (χ2n) is 7.54. The Balaban J connectivity index is 1.61. The van der Waals surface area contributed by atoms with Crippen LogP contribution in [0.1, 0.15) is 37.7 Å². The van der Waals surface area contributed by atoms with Gasteiger partial charge < -0.3 is 4.57 Å². The third kappa shape index (κ3) is 3.30. The van der Waals surface area contributed by atoms with E-state index in [1.165, 1.54) is 4.90 Å². The first-order valence-corrected chi connectivity index (χ1v) is 10.5. The highest BCUT2D eigenvalue weighted by molar-refractivity contribution is 6.42. The number of hydrogen-bond donors (Lipinski definition) is 0. The van der Waals surface area contributed by atoms with Gasteiger partial charge in [0.1, 0.15) is 5.82 Å². The molecule has 5 nitrogen and oxygen atoms in total. The Morgan fingerprint density at radius 3 is 2.13 bits per heavy atom. The summed E-state index contributed by atoms with van der Waals surface area (Å²) in [5.41, 5.74) is 4.53. The smallest absolute Gasteiger partial charge is 0.261 e. The molecule has 0 N–H and O–H groups in total. The minimum Gasteiger partial charge on any atom is -0.322 e. The summed E-state index contributed by atoms with van der Waals surface area (Å²) in [5, 5.41) is 0.828. The number of halogens is 2. The van der Waals surface area contributed by atoms with Gasteiger partial charge in [-0.15, -0.1) is 0 Å². The number of fused-ring (bicyclic) bond motifs is 2. The largest absolute Gasteiger partial charge is 0.322 e. The van der Waals surface area contributed by atoms with Crippen LogP contribution >= 0.6 is 23.2 Å². The molecule has 2 amide bonds. The molecule has 154 valence electrons. The average molecular weight is 450 g/mol. The maximum Gasteiger partial charge on any atom is 0.261 e. The van der Waals surface area contributed by atoms with E-state index >= 15 is 0 Å². The van der Waals surface area contributed by atoms with Crippen molar-refractivity contribution in [1.29, 1.82) is 0 Å². The van der Waals surface area contributed by atoms with Crippen molar-refractivity contribution < 1.29 is 9.59 Å². The maximum atomic E-state index is 12.9. The first kappa shape index (κ1) is 19.8. The molecule has 5 rings (SSSR count). The number of aryl methyl sites for hydroxylation is 1. The molecule has 1 aromatic heterocycles. The zero-order valence-corrected chi connectivity index (χ0v) is 18.1. The number of nitrogens with zero attached hydrogens (tertiary/aromatic N) is 3. The van der Waals surface area contributed by atoms with Gasteiger partial charge in [0, 0.05) is 6.54 Å². The first-order chi connectivity index (χ1) is 14.9. The predicted octanol–water partition coefficient (Wildman–Crippen LogP) is 5.50. The lowest BCUT2D eigenvalue weighted by atomic mass is 10.1. The van der Waals surface area contributed by atoms with Gasteiger partial charge in [0.05, 0.1) is 38.8 Å². The molecule has 0 spiro atoms. The third-order valence-corrected chi connectivity index (χ3v) is 6.36. The van der Waals surface area contributed by atoms with Crippen molar-refractivity contribution in [2.24, 2.45) is 0 Å². The topological polar surface area (TPSA) is 55.2 Å². The molecule has 1 aliphatic rings. The molecule has 0 bridgehead atoms. The van der Waals surface area contributed by atoms with Gasteiger partial charge >= 0.3 is 0 Å². The quantitative estimate of drug-likeness (QED) is 0.386. The van der Waals surface area contributed by atoms with Gasteiger partial charge in [-0.3, -0.25) is 14.5 Å². The molecule has 0 atom stereocenters. The van der Waals surface area contributed by atoms with Crippen molar-refractivity contribution >= 4 is 46.0 Å². The number of aromatic nitrogens is 2. The van der Waals surface area contributed by atoms with Gasteiger partial charge in [-0.25, -0.2) is 4.98 Å². The Hall–Kier alpha value is -3.15. The number of hydrogen-bond acceptors (Lipinski definition) is 3. The van der Waals surface area contributed by atoms with E-state index in [9.17, 15) is 9.59 Å². The molecule has 0 fully saturated rings. The SMILES string of the molecule is Cc1ccccc1Cn1c(CN2C(=O)c3ccccc3C2=O)nc2cc(Cl)c(Cl)cc21. The summed E-state index contributed by atoms with van der Waals surface area (Å²) in [5.74, 6) is -0.0385. The van der Waals surface area contributed by atoms with Crippen molar-refractivity contribution in [3.8, 4) is 0 Å². The first-order valence-electron chi connectivity index (χ1n) is 9.78. The molecule has 4 aromatic rings. The van der Waals surface area contributed by atoms with E-state index in [1.54, 1.807) is 36.4 Å². The number of carbonyl (C=O) groups excluding carboxylic acids is 2. The highest BCUT2D eigenvalue weighted by Gasteiger charge is 2.36. The summed E-state index contributed by atoms with van der Waals surface area (Å²) in [6, 6.07) is 18.4. The van der Waals surface area contributed by atoms with Crippen LogP contribution in [0, 0.1) is 6.92 Å². The van der Waals surface area contributed by atoms with E-state index < -0.39 is 0 Å². The van der Waals surface area contributed by atoms with Crippen LogP contribution in [0.4, 0.5) is 0 Å². The van der Waals surface area contributed by atoms with Gasteiger partial charge in [0.15, 0.2) is 0 Å². The summed E-state index contributed by atoms with van der Waals surface area (Å²) in [6.07, 6.45) is 0. The Bertz CT molecular complexity index is 1340. The fourth-order valence-electron chi connectivity index (χ4n) is 3.95. The summed E-state index contributed by atoms with van der Waals surface area (Å²) in [6.45, 7) is 2.63. The average Bonchev–Trinajstić information content (AvgIpc) is 3.20. The van der Waals surface area contributed by atoms with Gasteiger partial charge in [-0.2, -0.15) is 0 Å². The van der Waals surface area contributed by atoms with Crippen LogP contribution in [0.2, 0.25) is 10.0 Å². The fraction of sp³-hybridized carbons (Fsp3) is 0.125. The Morgan fingerprint density at radius 2 is 1.45 bits per heavy atom. The number of imide groups is 1. The van der Waals surface area contributed by atoms with Crippen molar-refractivity contribution in [2.75, 3.05) is 0 Å². The lowest BCUT2D eigenvalue weighted by molar-refractivity contribution is 0.0637. The highest BCUT2D eigenvalue weighted by Crippen LogP contribution is 2.31. The molecular formula is C24H17Cl2N3O2. The number of imidazole rings is 1. The molecule has 0 saturated carbocycles. The van der Waals surface area contributed by atoms with Crippen molar-refractivity contribution in [1.82, 2.24) is 14.5 Å². The van der Waals surface area contributed by atoms with E-state index in [0.29, 0.717) is 39.1 Å². The van der Waals surface area contributed by atoms with Crippen molar-refractivity contribution in [2.45, 2.75) is 20.0 Å². The number of carbonyl (C=O) groups is 2. The third-order valence-electron chi connectivity index (χ3n) is 5.64. The second-order valence-corrected chi connectivity index (χ2v) is 8.35. The van der Waals surface area contributed by atoms with Crippen molar-refractivity contribution in [3.05, 3.63) is 98.8 Å². The molecular weight excluding hydrogens is 433 g/mol. The summed E-state index contributed by atoms with van der Waals surface area (Å²) < 4.78 is 1.99. The molecule has 0 radical (unpaired) electrons. The molecule has 31 heavy (non-hydrogen) atoms. The number of amides is 2. The van der Waals surface area contributed by atoms with Crippen LogP contribution in [0.3, 0.4) is 0 Å². The predicted molar refractivity (Wildman–Crippen MR) is 121 cm³/mol. The van der Waals surface area contributed by atoms with Crippen LogP contribution in [0.25, 0.3) is 11.0 Å². The van der Waals surface area contributed by atoms with E-state index in [1.807, 2.05) is 35.8 Å². The lowest BCUT2D eigenvalue weighted by Gasteiger charge is -2.16. The molecule has 0 aliphatic carbocycles. The standard InChI is InChI=1S/C24H17Cl2N3O2/c1-14-6-2-3-7-15(14)12-28-21-11-19(26)18(25)10-20(21)27-22(28)13-29-23(30)16-8-4-5-9-17(16)24(29)31/h2-11H,12-13H2,1H3. The van der Waals surface area contributed by atoms with Crippen molar-refractivity contribution in [3.63, 3.8) is 0 Å². The molecule has 0 unspecified atom stereocenters. The Labute approximate surface area is 188 Å². The van der Waals surface area contributed by atoms with Gasteiger partial charge in [0.25, 0.3) is 11.8 Å². The van der Waals surface area contributed by atoms with Gasteiger partial charge in [-0.1, -0.05) is 59.6 Å². The monoisotopic (exact) mass is 449 g/mol. The fourth-order valence-corrected chi connectivity index (χ4v) is 4.26. The van der Waals surface area contributed by atoms with E-state index in [-0.39, 0.29) is 18.4 Å². The molecule has 2 heterocycles. The minimum atomic E-state index is -0.314. The van der Waals surface area contributed by atoms with Crippen LogP contribution in [-0.4, -0.2) is 26.3 Å². The van der Waals surface area contributed by atoms with E-state index in [4.69, 9.17) is 28.2 Å². The molecule has 7 heteroatoms. The second kappa shape index (κ2) is 7.52. The molecule has 1 aliphatic heterocycles. The zero-order chi connectivity index (χ0) is 21.7. The van der Waals surface area contributed by atoms with E-state index in [2.05, 4.69) is 0 Å². The van der Waals surface area contributed by atoms with Crippen LogP contribution in [-0.2, 0) is 13.1 Å². The van der Waals surface area contributed by atoms with E-state index in [0.717, 1.165) is 16.6 Å². The molecule has 3 aromatic carbocycles. The number of rotatable bonds is 4. The Morgan fingerprint density at radius 1 is 0.839 bits per heavy atom. The highest BCUT2D eigenvalue weighted by atomic mass is 35.5. The minimum absolute atomic E-state index is 0.0577. The Kier molecular flexibility index (Phi) is 4.80. The summed E-state index contributed by atoms with van der Waals surface area (Å²) in [4.78, 5) is 31.7. The summed E-state index contributed by atoms with van der Waals surface area (Å²) >= 11 is 12.5. The summed E-state index contributed by atoms with van der Waals surface area (Å²) in [7, 11) is 0. The van der Waals surface area contributed by atoms with Crippen LogP contribution in [0.5, 0.6) is 0 Å². The van der Waals surface area contributed by atoms with Gasteiger partial charge in [0.2, 0.25) is 0 Å². The van der Waals surface area contributed by atoms with Crippen LogP contribution in [0.15, 0.2) is 60.7 Å². The van der Waals surface area contributed by atoms with Crippen LogP contribution < -0.4 is 0 Å². The number of benzene rings is 3.